The molecule has 8 heteroatoms. The van der Waals surface area contributed by atoms with Gasteiger partial charge in [0.15, 0.2) is 11.5 Å². The van der Waals surface area contributed by atoms with Crippen LogP contribution >= 0.6 is 0 Å². The van der Waals surface area contributed by atoms with E-state index < -0.39 is 24.1 Å². The Morgan fingerprint density at radius 3 is 2.63 bits per heavy atom. The van der Waals surface area contributed by atoms with Gasteiger partial charge in [-0.25, -0.2) is 4.79 Å². The molecular weight excluding hydrogens is 356 g/mol. The number of phenols is 2. The zero-order valence-corrected chi connectivity index (χ0v) is 15.0. The molecule has 0 amide bonds. The minimum atomic E-state index is -1.25. The van der Waals surface area contributed by atoms with Crippen molar-refractivity contribution >= 4 is 11.9 Å². The van der Waals surface area contributed by atoms with Gasteiger partial charge in [-0.3, -0.25) is 4.79 Å². The van der Waals surface area contributed by atoms with Crippen molar-refractivity contribution in [3.63, 3.8) is 0 Å². The number of aliphatic hydroxyl groups excluding tert-OH is 1. The number of benzene rings is 1. The minimum Gasteiger partial charge on any atom is -0.504 e. The minimum absolute atomic E-state index is 0.0528. The lowest BCUT2D eigenvalue weighted by Gasteiger charge is -2.28. The lowest BCUT2D eigenvalue weighted by molar-refractivity contribution is -0.145. The third kappa shape index (κ3) is 5.01. The van der Waals surface area contributed by atoms with Crippen LogP contribution in [0.2, 0.25) is 0 Å². The van der Waals surface area contributed by atoms with Crippen molar-refractivity contribution in [2.45, 2.75) is 26.1 Å². The number of aromatic hydroxyl groups is 2. The van der Waals surface area contributed by atoms with Crippen molar-refractivity contribution in [1.82, 2.24) is 0 Å². The molecule has 0 bridgehead atoms. The number of hydrogen-bond donors (Lipinski definition) is 3. The summed E-state index contributed by atoms with van der Waals surface area (Å²) in [5.41, 5.74) is 1.18. The molecule has 146 valence electrons. The predicted octanol–water partition coefficient (Wildman–Crippen LogP) is 1.54. The lowest BCUT2D eigenvalue weighted by Crippen LogP contribution is -2.31. The normalized spacial score (nSPS) is 20.6. The first-order chi connectivity index (χ1) is 12.9. The van der Waals surface area contributed by atoms with Gasteiger partial charge in [0, 0.05) is 17.9 Å². The molecule has 0 saturated carbocycles. The Morgan fingerprint density at radius 1 is 1.26 bits per heavy atom. The average Bonchev–Trinajstić information content (AvgIpc) is 2.64. The predicted molar refractivity (Wildman–Crippen MR) is 93.5 cm³/mol. The number of carbonyl (C=O) groups excluding carboxylic acids is 2. The maximum absolute atomic E-state index is 12.2. The molecule has 1 heterocycles. The monoisotopic (exact) mass is 378 g/mol. The van der Waals surface area contributed by atoms with Crippen molar-refractivity contribution in [1.29, 1.82) is 0 Å². The van der Waals surface area contributed by atoms with Gasteiger partial charge in [0.25, 0.3) is 0 Å². The topological polar surface area (TPSA) is 123 Å². The third-order valence-electron chi connectivity index (χ3n) is 4.21. The van der Waals surface area contributed by atoms with Crippen LogP contribution in [0.25, 0.3) is 0 Å². The molecule has 1 aromatic rings. The van der Waals surface area contributed by atoms with E-state index in [-0.39, 0.29) is 30.1 Å². The molecule has 2 rings (SSSR count). The van der Waals surface area contributed by atoms with Crippen LogP contribution in [0.15, 0.2) is 41.7 Å². The second-order valence-electron chi connectivity index (χ2n) is 5.89. The fourth-order valence-electron chi connectivity index (χ4n) is 2.76. The molecule has 27 heavy (non-hydrogen) atoms. The molecular formula is C19H22O8. The number of esters is 2. The Kier molecular flexibility index (Phi) is 6.84. The summed E-state index contributed by atoms with van der Waals surface area (Å²) < 4.78 is 14.9. The first kappa shape index (κ1) is 20.3. The second-order valence-corrected chi connectivity index (χ2v) is 5.89. The van der Waals surface area contributed by atoms with Gasteiger partial charge >= 0.3 is 11.9 Å². The summed E-state index contributed by atoms with van der Waals surface area (Å²) in [5.74, 6) is -2.41. The van der Waals surface area contributed by atoms with Gasteiger partial charge in [0.2, 0.25) is 6.29 Å². The molecule has 1 aliphatic rings. The highest BCUT2D eigenvalue weighted by molar-refractivity contribution is 5.90. The van der Waals surface area contributed by atoms with Crippen LogP contribution in [0, 0.1) is 5.92 Å². The van der Waals surface area contributed by atoms with E-state index >= 15 is 0 Å². The van der Waals surface area contributed by atoms with E-state index in [0.717, 1.165) is 6.26 Å². The van der Waals surface area contributed by atoms with E-state index in [1.54, 1.807) is 19.1 Å². The molecule has 0 fully saturated rings. The van der Waals surface area contributed by atoms with Crippen molar-refractivity contribution in [3.05, 3.63) is 47.2 Å². The van der Waals surface area contributed by atoms with Gasteiger partial charge < -0.3 is 29.5 Å². The fourth-order valence-corrected chi connectivity index (χ4v) is 2.76. The van der Waals surface area contributed by atoms with Gasteiger partial charge in [0.05, 0.1) is 32.0 Å². The largest absolute Gasteiger partial charge is 0.504 e. The van der Waals surface area contributed by atoms with Crippen LogP contribution in [-0.2, 0) is 30.2 Å². The van der Waals surface area contributed by atoms with Gasteiger partial charge in [-0.1, -0.05) is 12.1 Å². The summed E-state index contributed by atoms with van der Waals surface area (Å²) in [6.07, 6.45) is 1.60. The molecule has 0 spiro atoms. The number of methoxy groups -OCH3 is 1. The van der Waals surface area contributed by atoms with E-state index in [1.807, 2.05) is 0 Å². The van der Waals surface area contributed by atoms with Crippen molar-refractivity contribution < 1.29 is 39.1 Å². The van der Waals surface area contributed by atoms with Gasteiger partial charge in [-0.05, 0) is 24.6 Å². The Bertz CT molecular complexity index is 765. The van der Waals surface area contributed by atoms with Crippen LogP contribution in [-0.4, -0.2) is 47.3 Å². The van der Waals surface area contributed by atoms with Crippen LogP contribution < -0.4 is 0 Å². The molecule has 0 saturated heterocycles. The lowest BCUT2D eigenvalue weighted by atomic mass is 9.86. The number of allylic oxidation sites excluding steroid dienone is 1. The smallest absolute Gasteiger partial charge is 0.337 e. The Labute approximate surface area is 156 Å². The molecule has 1 aliphatic heterocycles. The maximum Gasteiger partial charge on any atom is 0.337 e. The van der Waals surface area contributed by atoms with Crippen LogP contribution in [0.5, 0.6) is 11.5 Å². The molecule has 0 radical (unpaired) electrons. The highest BCUT2D eigenvalue weighted by Crippen LogP contribution is 2.33. The van der Waals surface area contributed by atoms with Crippen LogP contribution in [0.4, 0.5) is 0 Å². The standard InChI is InChI=1S/C19H22O8/c1-3-12-13(14(18(23)25-2)10-27-19(12)24)9-17(22)26-7-6-11-4-5-15(20)16(21)8-11/h3-5,8,10,13,19-21,24H,6-7,9H2,1-2H3/b12-3+/t13?,19-/m1/s1. The number of aliphatic hydroxyl groups is 1. The molecule has 2 atom stereocenters. The van der Waals surface area contributed by atoms with Crippen LogP contribution in [0.3, 0.4) is 0 Å². The molecule has 3 N–H and O–H groups in total. The van der Waals surface area contributed by atoms with Gasteiger partial charge in [0.1, 0.15) is 0 Å². The quantitative estimate of drug-likeness (QED) is 0.387. The number of hydrogen-bond acceptors (Lipinski definition) is 8. The number of carbonyl (C=O) groups is 2. The van der Waals surface area contributed by atoms with Crippen molar-refractivity contribution in [2.75, 3.05) is 13.7 Å². The number of ether oxygens (including phenoxy) is 3. The maximum atomic E-state index is 12.2. The molecule has 0 aliphatic carbocycles. The Balaban J connectivity index is 1.99. The first-order valence-corrected chi connectivity index (χ1v) is 8.31. The number of phenolic OH excluding ortho intramolecular Hbond substituents is 2. The van der Waals surface area contributed by atoms with E-state index in [1.165, 1.54) is 19.2 Å². The summed E-state index contributed by atoms with van der Waals surface area (Å²) in [4.78, 5) is 24.1. The van der Waals surface area contributed by atoms with E-state index in [0.29, 0.717) is 17.6 Å². The SMILES string of the molecule is C/C=C1\C(CC(=O)OCCc2ccc(O)c(O)c2)C(C(=O)OC)=CO[C@H]1O. The summed E-state index contributed by atoms with van der Waals surface area (Å²) in [5, 5.41) is 28.7. The van der Waals surface area contributed by atoms with E-state index in [2.05, 4.69) is 0 Å². The highest BCUT2D eigenvalue weighted by Gasteiger charge is 2.35. The molecule has 1 aromatic carbocycles. The number of rotatable bonds is 6. The highest BCUT2D eigenvalue weighted by atomic mass is 16.6. The molecule has 0 aromatic heterocycles. The van der Waals surface area contributed by atoms with Gasteiger partial charge in [-0.15, -0.1) is 0 Å². The van der Waals surface area contributed by atoms with E-state index in [4.69, 9.17) is 14.2 Å². The molecule has 1 unspecified atom stereocenters. The zero-order valence-electron chi connectivity index (χ0n) is 15.0. The van der Waals surface area contributed by atoms with E-state index in [9.17, 15) is 24.9 Å². The second kappa shape index (κ2) is 9.09. The van der Waals surface area contributed by atoms with Crippen LogP contribution in [0.1, 0.15) is 18.9 Å². The molecule has 8 nitrogen and oxygen atoms in total. The Morgan fingerprint density at radius 2 is 2.00 bits per heavy atom. The summed E-state index contributed by atoms with van der Waals surface area (Å²) >= 11 is 0. The van der Waals surface area contributed by atoms with Crippen molar-refractivity contribution in [3.8, 4) is 11.5 Å². The summed E-state index contributed by atoms with van der Waals surface area (Å²) in [7, 11) is 1.21. The Hall–Kier alpha value is -3.00. The van der Waals surface area contributed by atoms with Gasteiger partial charge in [-0.2, -0.15) is 0 Å². The summed E-state index contributed by atoms with van der Waals surface area (Å²) in [6, 6.07) is 4.34. The average molecular weight is 378 g/mol. The first-order valence-electron chi connectivity index (χ1n) is 8.31. The zero-order chi connectivity index (χ0) is 20.0. The third-order valence-corrected chi connectivity index (χ3v) is 4.21. The fraction of sp³-hybridized carbons (Fsp3) is 0.368. The van der Waals surface area contributed by atoms with Crippen molar-refractivity contribution in [2.24, 2.45) is 5.92 Å². The summed E-state index contributed by atoms with van der Waals surface area (Å²) in [6.45, 7) is 1.72.